The molecule has 0 aromatic heterocycles. The number of nitrogens with one attached hydrogen (secondary N) is 1. The van der Waals surface area contributed by atoms with Crippen molar-refractivity contribution < 1.29 is 4.79 Å². The first-order valence-electron chi connectivity index (χ1n) is 7.89. The number of hydrogen-bond donors (Lipinski definition) is 1. The molecule has 3 atom stereocenters. The van der Waals surface area contributed by atoms with Gasteiger partial charge in [0.2, 0.25) is 5.91 Å². The van der Waals surface area contributed by atoms with E-state index in [1.165, 1.54) is 31.5 Å². The SMILES string of the molecule is O=C(NC1CN2CCC1CC2)C1CC1c1ccccc1. The number of rotatable bonds is 3. The quantitative estimate of drug-likeness (QED) is 0.911. The molecule has 5 rings (SSSR count). The summed E-state index contributed by atoms with van der Waals surface area (Å²) in [5.74, 6) is 1.68. The molecule has 3 nitrogen and oxygen atoms in total. The fourth-order valence-electron chi connectivity index (χ4n) is 3.97. The molecule has 4 fully saturated rings. The van der Waals surface area contributed by atoms with Gasteiger partial charge in [-0.2, -0.15) is 0 Å². The van der Waals surface area contributed by atoms with E-state index in [1.54, 1.807) is 0 Å². The molecule has 4 aliphatic rings. The molecule has 0 radical (unpaired) electrons. The third-order valence-corrected chi connectivity index (χ3v) is 5.34. The van der Waals surface area contributed by atoms with Crippen LogP contribution in [0.2, 0.25) is 0 Å². The smallest absolute Gasteiger partial charge is 0.224 e. The third-order valence-electron chi connectivity index (χ3n) is 5.34. The van der Waals surface area contributed by atoms with Gasteiger partial charge in [-0.25, -0.2) is 0 Å². The predicted octanol–water partition coefficient (Wildman–Crippen LogP) is 2.00. The fourth-order valence-corrected chi connectivity index (χ4v) is 3.97. The summed E-state index contributed by atoms with van der Waals surface area (Å²) in [6, 6.07) is 10.9. The van der Waals surface area contributed by atoms with Gasteiger partial charge in [0.25, 0.3) is 0 Å². The zero-order chi connectivity index (χ0) is 13.5. The number of nitrogens with zero attached hydrogens (tertiary/aromatic N) is 1. The van der Waals surface area contributed by atoms with Crippen LogP contribution >= 0.6 is 0 Å². The normalized spacial score (nSPS) is 38.5. The van der Waals surface area contributed by atoms with E-state index >= 15 is 0 Å². The van der Waals surface area contributed by atoms with Crippen LogP contribution in [0.4, 0.5) is 0 Å². The highest BCUT2D eigenvalue weighted by molar-refractivity contribution is 5.83. The highest BCUT2D eigenvalue weighted by Crippen LogP contribution is 2.47. The molecular weight excluding hydrogens is 248 g/mol. The average molecular weight is 270 g/mol. The van der Waals surface area contributed by atoms with E-state index in [1.807, 2.05) is 6.07 Å². The van der Waals surface area contributed by atoms with Gasteiger partial charge in [0.05, 0.1) is 0 Å². The molecule has 3 heteroatoms. The van der Waals surface area contributed by atoms with Gasteiger partial charge in [-0.3, -0.25) is 4.79 Å². The van der Waals surface area contributed by atoms with Crippen LogP contribution in [0.3, 0.4) is 0 Å². The molecule has 3 unspecified atom stereocenters. The number of carbonyl (C=O) groups is 1. The Hall–Kier alpha value is -1.35. The molecule has 1 saturated carbocycles. The summed E-state index contributed by atoms with van der Waals surface area (Å²) in [6.07, 6.45) is 3.55. The second-order valence-electron chi connectivity index (χ2n) is 6.61. The molecule has 1 amide bonds. The Morgan fingerprint density at radius 3 is 2.55 bits per heavy atom. The minimum atomic E-state index is 0.216. The molecule has 3 heterocycles. The summed E-state index contributed by atoms with van der Waals surface area (Å²) < 4.78 is 0. The van der Waals surface area contributed by atoms with Crippen LogP contribution in [0, 0.1) is 11.8 Å². The van der Waals surface area contributed by atoms with E-state index < -0.39 is 0 Å². The van der Waals surface area contributed by atoms with Gasteiger partial charge < -0.3 is 10.2 Å². The summed E-state index contributed by atoms with van der Waals surface area (Å²) in [5, 5.41) is 3.33. The van der Waals surface area contributed by atoms with Gasteiger partial charge in [-0.05, 0) is 49.8 Å². The Morgan fingerprint density at radius 1 is 1.15 bits per heavy atom. The molecular formula is C17H22N2O. The van der Waals surface area contributed by atoms with Crippen molar-refractivity contribution in [3.05, 3.63) is 35.9 Å². The van der Waals surface area contributed by atoms with Crippen LogP contribution in [0.1, 0.15) is 30.7 Å². The second kappa shape index (κ2) is 4.88. The van der Waals surface area contributed by atoms with E-state index in [4.69, 9.17) is 0 Å². The Kier molecular flexibility index (Phi) is 3.03. The lowest BCUT2D eigenvalue weighted by Crippen LogP contribution is -2.57. The monoisotopic (exact) mass is 270 g/mol. The van der Waals surface area contributed by atoms with E-state index in [-0.39, 0.29) is 11.8 Å². The first-order chi connectivity index (χ1) is 9.81. The predicted molar refractivity (Wildman–Crippen MR) is 78.4 cm³/mol. The fraction of sp³-hybridized carbons (Fsp3) is 0.588. The lowest BCUT2D eigenvalue weighted by molar-refractivity contribution is -0.124. The van der Waals surface area contributed by atoms with E-state index in [0.29, 0.717) is 12.0 Å². The van der Waals surface area contributed by atoms with Gasteiger partial charge in [-0.15, -0.1) is 0 Å². The topological polar surface area (TPSA) is 32.3 Å². The molecule has 20 heavy (non-hydrogen) atoms. The van der Waals surface area contributed by atoms with Crippen molar-refractivity contribution in [2.24, 2.45) is 11.8 Å². The number of fused-ring (bicyclic) bond motifs is 3. The van der Waals surface area contributed by atoms with Crippen molar-refractivity contribution in [3.8, 4) is 0 Å². The number of carbonyl (C=O) groups excluding carboxylic acids is 1. The highest BCUT2D eigenvalue weighted by atomic mass is 16.2. The van der Waals surface area contributed by atoms with Crippen LogP contribution in [0.25, 0.3) is 0 Å². The van der Waals surface area contributed by atoms with Crippen LogP contribution in [0.15, 0.2) is 30.3 Å². The molecule has 1 aromatic carbocycles. The standard InChI is InChI=1S/C17H22N2O/c20-17(15-10-14(15)12-4-2-1-3-5-12)18-16-11-19-8-6-13(16)7-9-19/h1-5,13-16H,6-11H2,(H,18,20). The Balaban J connectivity index is 1.36. The Bertz CT molecular complexity index is 493. The molecule has 3 saturated heterocycles. The second-order valence-corrected chi connectivity index (χ2v) is 6.61. The number of benzene rings is 1. The maximum atomic E-state index is 12.4. The number of amides is 1. The number of piperidine rings is 3. The first kappa shape index (κ1) is 12.4. The summed E-state index contributed by atoms with van der Waals surface area (Å²) >= 11 is 0. The van der Waals surface area contributed by atoms with E-state index in [9.17, 15) is 4.79 Å². The van der Waals surface area contributed by atoms with Crippen LogP contribution < -0.4 is 5.32 Å². The van der Waals surface area contributed by atoms with Crippen molar-refractivity contribution >= 4 is 5.91 Å². The molecule has 1 aromatic rings. The summed E-state index contributed by atoms with van der Waals surface area (Å²) in [4.78, 5) is 14.9. The lowest BCUT2D eigenvalue weighted by atomic mass is 9.84. The first-order valence-corrected chi connectivity index (χ1v) is 7.89. The van der Waals surface area contributed by atoms with Crippen molar-refractivity contribution in [1.82, 2.24) is 10.2 Å². The molecule has 1 aliphatic carbocycles. The highest BCUT2D eigenvalue weighted by Gasteiger charge is 2.45. The maximum Gasteiger partial charge on any atom is 0.224 e. The summed E-state index contributed by atoms with van der Waals surface area (Å²) in [7, 11) is 0. The lowest BCUT2D eigenvalue weighted by Gasteiger charge is -2.45. The number of hydrogen-bond acceptors (Lipinski definition) is 2. The minimum absolute atomic E-state index is 0.216. The molecule has 1 N–H and O–H groups in total. The zero-order valence-corrected chi connectivity index (χ0v) is 11.8. The van der Waals surface area contributed by atoms with Crippen molar-refractivity contribution in [2.45, 2.75) is 31.2 Å². The molecule has 0 spiro atoms. The third kappa shape index (κ3) is 2.24. The van der Waals surface area contributed by atoms with Crippen LogP contribution in [-0.2, 0) is 4.79 Å². The van der Waals surface area contributed by atoms with Crippen LogP contribution in [0.5, 0.6) is 0 Å². The van der Waals surface area contributed by atoms with Gasteiger partial charge in [0.1, 0.15) is 0 Å². The molecule has 3 aliphatic heterocycles. The van der Waals surface area contributed by atoms with Crippen molar-refractivity contribution in [3.63, 3.8) is 0 Å². The van der Waals surface area contributed by atoms with Gasteiger partial charge in [0, 0.05) is 18.5 Å². The van der Waals surface area contributed by atoms with E-state index in [0.717, 1.165) is 18.9 Å². The zero-order valence-electron chi connectivity index (χ0n) is 11.8. The molecule has 2 bridgehead atoms. The van der Waals surface area contributed by atoms with E-state index in [2.05, 4.69) is 34.5 Å². The van der Waals surface area contributed by atoms with Crippen molar-refractivity contribution in [2.75, 3.05) is 19.6 Å². The van der Waals surface area contributed by atoms with Gasteiger partial charge in [-0.1, -0.05) is 30.3 Å². The summed E-state index contributed by atoms with van der Waals surface area (Å²) in [6.45, 7) is 3.53. The van der Waals surface area contributed by atoms with Gasteiger partial charge in [0.15, 0.2) is 0 Å². The molecule has 106 valence electrons. The minimum Gasteiger partial charge on any atom is -0.352 e. The Labute approximate surface area is 120 Å². The largest absolute Gasteiger partial charge is 0.352 e. The van der Waals surface area contributed by atoms with Gasteiger partial charge >= 0.3 is 0 Å². The van der Waals surface area contributed by atoms with Crippen molar-refractivity contribution in [1.29, 1.82) is 0 Å². The average Bonchev–Trinajstić information content (AvgIpc) is 3.30. The maximum absolute atomic E-state index is 12.4. The van der Waals surface area contributed by atoms with Crippen LogP contribution in [-0.4, -0.2) is 36.5 Å². The Morgan fingerprint density at radius 2 is 1.90 bits per heavy atom. The summed E-state index contributed by atoms with van der Waals surface area (Å²) in [5.41, 5.74) is 1.32.